The number of aromatic nitrogens is 5. The van der Waals surface area contributed by atoms with Gasteiger partial charge in [0.15, 0.2) is 5.65 Å². The fourth-order valence-electron chi connectivity index (χ4n) is 4.96. The molecule has 1 aromatic carbocycles. The maximum atomic E-state index is 13.7. The molecule has 146 valence electrons. The van der Waals surface area contributed by atoms with Gasteiger partial charge in [-0.3, -0.25) is 9.58 Å². The monoisotopic (exact) mass is 388 g/mol. The normalized spacial score (nSPS) is 21.0. The Morgan fingerprint density at radius 1 is 1.17 bits per heavy atom. The summed E-state index contributed by atoms with van der Waals surface area (Å²) in [6, 6.07) is 11.5. The SMILES string of the molecule is Cn1nccc1CN1[C@H]2CC[C@@H]1c1cnc3cc(-c4cccc(F)c4)nn3c1C2. The van der Waals surface area contributed by atoms with E-state index in [1.807, 2.05) is 40.8 Å². The molecular weight excluding hydrogens is 367 g/mol. The van der Waals surface area contributed by atoms with Crippen molar-refractivity contribution in [3.05, 3.63) is 71.6 Å². The number of hydrogen-bond donors (Lipinski definition) is 0. The third-order valence-electron chi connectivity index (χ3n) is 6.43. The predicted octanol–water partition coefficient (Wildman–Crippen LogP) is 3.53. The highest BCUT2D eigenvalue weighted by atomic mass is 19.1. The van der Waals surface area contributed by atoms with E-state index in [4.69, 9.17) is 10.1 Å². The molecule has 2 atom stereocenters. The van der Waals surface area contributed by atoms with Crippen molar-refractivity contribution in [3.63, 3.8) is 0 Å². The molecule has 0 unspecified atom stereocenters. The molecule has 6 nitrogen and oxygen atoms in total. The molecule has 5 heterocycles. The van der Waals surface area contributed by atoms with Crippen molar-refractivity contribution in [2.45, 2.75) is 37.9 Å². The number of fused-ring (bicyclic) bond motifs is 6. The van der Waals surface area contributed by atoms with Crippen LogP contribution < -0.4 is 0 Å². The maximum absolute atomic E-state index is 13.7. The summed E-state index contributed by atoms with van der Waals surface area (Å²) in [5.74, 6) is -0.251. The van der Waals surface area contributed by atoms with E-state index in [9.17, 15) is 4.39 Å². The van der Waals surface area contributed by atoms with Crippen molar-refractivity contribution in [1.29, 1.82) is 0 Å². The minimum Gasteiger partial charge on any atom is -0.287 e. The van der Waals surface area contributed by atoms with Crippen molar-refractivity contribution >= 4 is 5.65 Å². The smallest absolute Gasteiger partial charge is 0.155 e. The lowest BCUT2D eigenvalue weighted by atomic mass is 9.99. The highest BCUT2D eigenvalue weighted by Gasteiger charge is 2.41. The summed E-state index contributed by atoms with van der Waals surface area (Å²) in [7, 11) is 2.00. The van der Waals surface area contributed by atoms with Crippen LogP contribution in [0.3, 0.4) is 0 Å². The molecule has 2 bridgehead atoms. The molecular formula is C22H21FN6. The molecule has 0 N–H and O–H groups in total. The summed E-state index contributed by atoms with van der Waals surface area (Å²) >= 11 is 0. The summed E-state index contributed by atoms with van der Waals surface area (Å²) in [4.78, 5) is 7.28. The minimum absolute atomic E-state index is 0.251. The van der Waals surface area contributed by atoms with Gasteiger partial charge in [-0.1, -0.05) is 12.1 Å². The summed E-state index contributed by atoms with van der Waals surface area (Å²) in [6.45, 7) is 0.900. The second kappa shape index (κ2) is 6.22. The van der Waals surface area contributed by atoms with E-state index in [-0.39, 0.29) is 5.82 Å². The van der Waals surface area contributed by atoms with E-state index in [1.165, 1.54) is 35.5 Å². The number of hydrogen-bond acceptors (Lipinski definition) is 4. The van der Waals surface area contributed by atoms with Gasteiger partial charge in [0.05, 0.1) is 17.1 Å². The van der Waals surface area contributed by atoms with Gasteiger partial charge >= 0.3 is 0 Å². The topological polar surface area (TPSA) is 51.2 Å². The van der Waals surface area contributed by atoms with E-state index < -0.39 is 0 Å². The second-order valence-corrected chi connectivity index (χ2v) is 8.04. The van der Waals surface area contributed by atoms with Crippen LogP contribution in [0.15, 0.2) is 48.8 Å². The summed E-state index contributed by atoms with van der Waals surface area (Å²) < 4.78 is 17.6. The van der Waals surface area contributed by atoms with E-state index in [0.717, 1.165) is 36.3 Å². The largest absolute Gasteiger partial charge is 0.287 e. The van der Waals surface area contributed by atoms with Crippen molar-refractivity contribution in [2.24, 2.45) is 7.05 Å². The fourth-order valence-corrected chi connectivity index (χ4v) is 4.96. The Morgan fingerprint density at radius 2 is 2.10 bits per heavy atom. The van der Waals surface area contributed by atoms with Gasteiger partial charge in [-0.05, 0) is 31.0 Å². The number of rotatable bonds is 3. The van der Waals surface area contributed by atoms with Crippen LogP contribution in [0, 0.1) is 5.82 Å². The van der Waals surface area contributed by atoms with Crippen LogP contribution in [-0.2, 0) is 20.0 Å². The molecule has 2 aliphatic heterocycles. The molecule has 2 aliphatic rings. The zero-order valence-electron chi connectivity index (χ0n) is 16.2. The average Bonchev–Trinajstić information content (AvgIpc) is 3.40. The van der Waals surface area contributed by atoms with E-state index in [2.05, 4.69) is 16.1 Å². The van der Waals surface area contributed by atoms with E-state index in [0.29, 0.717) is 12.1 Å². The Hall–Kier alpha value is -3.06. The van der Waals surface area contributed by atoms with E-state index >= 15 is 0 Å². The van der Waals surface area contributed by atoms with Crippen LogP contribution in [0.1, 0.15) is 35.8 Å². The molecule has 0 saturated carbocycles. The lowest BCUT2D eigenvalue weighted by Gasteiger charge is -2.36. The van der Waals surface area contributed by atoms with Crippen molar-refractivity contribution in [2.75, 3.05) is 0 Å². The lowest BCUT2D eigenvalue weighted by Crippen LogP contribution is -2.38. The Morgan fingerprint density at radius 3 is 2.93 bits per heavy atom. The predicted molar refractivity (Wildman–Crippen MR) is 107 cm³/mol. The van der Waals surface area contributed by atoms with Crippen molar-refractivity contribution in [3.8, 4) is 11.3 Å². The maximum Gasteiger partial charge on any atom is 0.155 e. The van der Waals surface area contributed by atoms with Gasteiger partial charge < -0.3 is 0 Å². The molecule has 0 spiro atoms. The molecule has 4 aromatic rings. The van der Waals surface area contributed by atoms with E-state index in [1.54, 1.807) is 6.07 Å². The standard InChI is InChI=1S/C22H21FN6/c1-27-17(7-8-25-27)13-28-16-5-6-20(28)18-12-24-22-11-19(26-29(22)21(18)10-16)14-3-2-4-15(23)9-14/h2-4,7-9,11-12,16,20H,5-6,10,13H2,1H3/t16-,20+/m0/s1. The Labute approximate surface area is 167 Å². The first kappa shape index (κ1) is 16.9. The van der Waals surface area contributed by atoms with Gasteiger partial charge in [0, 0.05) is 61.7 Å². The molecule has 0 amide bonds. The highest BCUT2D eigenvalue weighted by Crippen LogP contribution is 2.44. The quantitative estimate of drug-likeness (QED) is 0.539. The number of aryl methyl sites for hydroxylation is 1. The van der Waals surface area contributed by atoms with Crippen LogP contribution in [0.2, 0.25) is 0 Å². The molecule has 29 heavy (non-hydrogen) atoms. The highest BCUT2D eigenvalue weighted by molar-refractivity contribution is 5.64. The molecule has 1 saturated heterocycles. The molecule has 1 fully saturated rings. The first-order chi connectivity index (χ1) is 14.2. The number of halogens is 1. The summed E-state index contributed by atoms with van der Waals surface area (Å²) in [5.41, 5.74) is 6.10. The third-order valence-corrected chi connectivity index (χ3v) is 6.43. The van der Waals surface area contributed by atoms with Crippen molar-refractivity contribution < 1.29 is 4.39 Å². The molecule has 7 heteroatoms. The van der Waals surface area contributed by atoms with Gasteiger partial charge in [-0.25, -0.2) is 13.9 Å². The van der Waals surface area contributed by atoms with Crippen LogP contribution in [-0.4, -0.2) is 35.3 Å². The summed E-state index contributed by atoms with van der Waals surface area (Å²) in [5, 5.41) is 9.12. The van der Waals surface area contributed by atoms with Gasteiger partial charge in [0.2, 0.25) is 0 Å². The Kier molecular flexibility index (Phi) is 3.61. The Bertz CT molecular complexity index is 1230. The van der Waals surface area contributed by atoms with Crippen LogP contribution in [0.25, 0.3) is 16.9 Å². The molecule has 6 rings (SSSR count). The molecule has 0 aliphatic carbocycles. The molecule has 3 aromatic heterocycles. The first-order valence-electron chi connectivity index (χ1n) is 10.0. The second-order valence-electron chi connectivity index (χ2n) is 8.04. The van der Waals surface area contributed by atoms with Crippen LogP contribution in [0.5, 0.6) is 0 Å². The summed E-state index contributed by atoms with van der Waals surface area (Å²) in [6.07, 6.45) is 7.15. The Balaban J connectivity index is 1.41. The first-order valence-corrected chi connectivity index (χ1v) is 10.0. The zero-order valence-corrected chi connectivity index (χ0v) is 16.2. The number of benzene rings is 1. The van der Waals surface area contributed by atoms with Gasteiger partial charge in [-0.15, -0.1) is 0 Å². The minimum atomic E-state index is -0.251. The third kappa shape index (κ3) is 2.61. The number of nitrogens with zero attached hydrogens (tertiary/aromatic N) is 6. The average molecular weight is 388 g/mol. The van der Waals surface area contributed by atoms with Gasteiger partial charge in [-0.2, -0.15) is 10.2 Å². The van der Waals surface area contributed by atoms with Gasteiger partial charge in [0.1, 0.15) is 5.82 Å². The zero-order chi connectivity index (χ0) is 19.5. The van der Waals surface area contributed by atoms with Gasteiger partial charge in [0.25, 0.3) is 0 Å². The lowest BCUT2D eigenvalue weighted by molar-refractivity contribution is 0.161. The van der Waals surface area contributed by atoms with Crippen molar-refractivity contribution in [1.82, 2.24) is 29.3 Å². The molecule has 0 radical (unpaired) electrons. The van der Waals surface area contributed by atoms with Crippen LogP contribution >= 0.6 is 0 Å². The van der Waals surface area contributed by atoms with Crippen LogP contribution in [0.4, 0.5) is 4.39 Å². The fraction of sp³-hybridized carbons (Fsp3) is 0.318.